The minimum Gasteiger partial charge on any atom is -0.459 e. The number of benzene rings is 1. The van der Waals surface area contributed by atoms with Gasteiger partial charge in [-0.1, -0.05) is 30.3 Å². The van der Waals surface area contributed by atoms with E-state index in [1.165, 1.54) is 18.7 Å². The molecule has 134 valence electrons. The third-order valence-electron chi connectivity index (χ3n) is 3.83. The highest BCUT2D eigenvalue weighted by Crippen LogP contribution is 2.11. The molecule has 7 nitrogen and oxygen atoms in total. The fourth-order valence-electron chi connectivity index (χ4n) is 2.52. The second kappa shape index (κ2) is 8.15. The molecule has 0 radical (unpaired) electrons. The fourth-order valence-corrected chi connectivity index (χ4v) is 2.52. The predicted octanol–water partition coefficient (Wildman–Crippen LogP) is 2.49. The van der Waals surface area contributed by atoms with Crippen LogP contribution in [0.1, 0.15) is 35.0 Å². The molecule has 0 aliphatic heterocycles. The van der Waals surface area contributed by atoms with E-state index in [0.717, 1.165) is 5.56 Å². The highest BCUT2D eigenvalue weighted by Gasteiger charge is 2.25. The summed E-state index contributed by atoms with van der Waals surface area (Å²) in [7, 11) is 0. The lowest BCUT2D eigenvalue weighted by Gasteiger charge is -2.20. The van der Waals surface area contributed by atoms with Gasteiger partial charge in [-0.15, -0.1) is 0 Å². The van der Waals surface area contributed by atoms with Gasteiger partial charge in [0.2, 0.25) is 11.8 Å². The van der Waals surface area contributed by atoms with Crippen molar-refractivity contribution in [1.82, 2.24) is 15.6 Å². The molecule has 2 heterocycles. The van der Waals surface area contributed by atoms with Crippen molar-refractivity contribution < 1.29 is 18.4 Å². The highest BCUT2D eigenvalue weighted by atomic mass is 16.3. The lowest BCUT2D eigenvalue weighted by Crippen LogP contribution is -2.48. The Labute approximate surface area is 150 Å². The van der Waals surface area contributed by atoms with Crippen LogP contribution in [0.25, 0.3) is 0 Å². The van der Waals surface area contributed by atoms with Crippen molar-refractivity contribution in [2.24, 2.45) is 0 Å². The van der Waals surface area contributed by atoms with E-state index in [1.54, 1.807) is 19.1 Å². The molecular weight excluding hydrogens is 334 g/mol. The first-order chi connectivity index (χ1) is 12.6. The number of carbonyl (C=O) groups excluding carboxylic acids is 2. The maximum Gasteiger partial charge on any atom is 0.287 e. The zero-order chi connectivity index (χ0) is 18.4. The third-order valence-corrected chi connectivity index (χ3v) is 3.83. The summed E-state index contributed by atoms with van der Waals surface area (Å²) in [6, 6.07) is 11.4. The molecule has 2 N–H and O–H groups in total. The second-order valence-electron chi connectivity index (χ2n) is 5.79. The number of amides is 2. The zero-order valence-corrected chi connectivity index (χ0v) is 14.2. The summed E-state index contributed by atoms with van der Waals surface area (Å²) in [5.41, 5.74) is 0.927. The summed E-state index contributed by atoms with van der Waals surface area (Å²) in [4.78, 5) is 29.1. The molecule has 2 amide bonds. The summed E-state index contributed by atoms with van der Waals surface area (Å²) < 4.78 is 10.3. The molecule has 26 heavy (non-hydrogen) atoms. The van der Waals surface area contributed by atoms with Gasteiger partial charge >= 0.3 is 0 Å². The Bertz CT molecular complexity index is 829. The molecule has 0 bridgehead atoms. The molecule has 2 atom stereocenters. The largest absolute Gasteiger partial charge is 0.459 e. The molecular formula is C19H19N3O4. The van der Waals surface area contributed by atoms with Gasteiger partial charge in [0, 0.05) is 6.42 Å². The average Bonchev–Trinajstić information content (AvgIpc) is 3.35. The van der Waals surface area contributed by atoms with E-state index in [2.05, 4.69) is 15.6 Å². The molecule has 7 heteroatoms. The van der Waals surface area contributed by atoms with Gasteiger partial charge in [0.1, 0.15) is 18.3 Å². The van der Waals surface area contributed by atoms with Gasteiger partial charge in [-0.05, 0) is 24.6 Å². The van der Waals surface area contributed by atoms with Gasteiger partial charge in [0.25, 0.3) is 5.91 Å². The number of nitrogens with zero attached hydrogens (tertiary/aromatic N) is 1. The van der Waals surface area contributed by atoms with Crippen LogP contribution in [-0.2, 0) is 11.2 Å². The topological polar surface area (TPSA) is 97.4 Å². The van der Waals surface area contributed by atoms with Gasteiger partial charge in [0.15, 0.2) is 5.76 Å². The van der Waals surface area contributed by atoms with Crippen molar-refractivity contribution in [2.45, 2.75) is 25.4 Å². The number of rotatable bonds is 7. The number of furan rings is 1. The highest BCUT2D eigenvalue weighted by molar-refractivity contribution is 5.95. The van der Waals surface area contributed by atoms with Crippen LogP contribution in [0.2, 0.25) is 0 Å². The predicted molar refractivity (Wildman–Crippen MR) is 93.2 cm³/mol. The lowest BCUT2D eigenvalue weighted by atomic mass is 10.0. The van der Waals surface area contributed by atoms with Crippen molar-refractivity contribution in [2.75, 3.05) is 0 Å². The van der Waals surface area contributed by atoms with E-state index < -0.39 is 18.0 Å². The first-order valence-electron chi connectivity index (χ1n) is 8.21. The lowest BCUT2D eigenvalue weighted by molar-refractivity contribution is -0.123. The third kappa shape index (κ3) is 4.38. The van der Waals surface area contributed by atoms with Gasteiger partial charge in [0.05, 0.1) is 12.5 Å². The normalized spacial score (nSPS) is 13.0. The van der Waals surface area contributed by atoms with E-state index in [-0.39, 0.29) is 11.7 Å². The molecule has 0 saturated heterocycles. The van der Waals surface area contributed by atoms with Gasteiger partial charge in [-0.25, -0.2) is 4.98 Å². The van der Waals surface area contributed by atoms with E-state index in [1.807, 2.05) is 30.3 Å². The first-order valence-corrected chi connectivity index (χ1v) is 8.21. The number of nitrogens with one attached hydrogen (secondary N) is 2. The SMILES string of the molecule is CC(NC(=O)C(Cc1ccccc1)NC(=O)c1ccco1)c1ncco1. The Hall–Kier alpha value is -3.35. The quantitative estimate of drug-likeness (QED) is 0.680. The Morgan fingerprint density at radius 2 is 1.85 bits per heavy atom. The summed E-state index contributed by atoms with van der Waals surface area (Å²) in [6.07, 6.45) is 4.71. The number of hydrogen-bond acceptors (Lipinski definition) is 5. The molecule has 3 rings (SSSR count). The molecule has 2 unspecified atom stereocenters. The number of aromatic nitrogens is 1. The smallest absolute Gasteiger partial charge is 0.287 e. The molecule has 1 aromatic carbocycles. The van der Waals surface area contributed by atoms with Crippen LogP contribution in [0.15, 0.2) is 70.0 Å². The van der Waals surface area contributed by atoms with Crippen LogP contribution < -0.4 is 10.6 Å². The zero-order valence-electron chi connectivity index (χ0n) is 14.2. The van der Waals surface area contributed by atoms with E-state index in [9.17, 15) is 9.59 Å². The summed E-state index contributed by atoms with van der Waals surface area (Å²) in [6.45, 7) is 1.76. The standard InChI is InChI=1S/C19H19N3O4/c1-13(19-20-9-11-26-19)21-17(23)15(12-14-6-3-2-4-7-14)22-18(24)16-8-5-10-25-16/h2-11,13,15H,12H2,1H3,(H,21,23)(H,22,24). The van der Waals surface area contributed by atoms with Crippen molar-refractivity contribution in [1.29, 1.82) is 0 Å². The number of oxazole rings is 1. The molecule has 0 spiro atoms. The maximum absolute atomic E-state index is 12.7. The van der Waals surface area contributed by atoms with Crippen LogP contribution in [0, 0.1) is 0 Å². The average molecular weight is 353 g/mol. The first kappa shape index (κ1) is 17.5. The van der Waals surface area contributed by atoms with E-state index in [4.69, 9.17) is 8.83 Å². The van der Waals surface area contributed by atoms with Crippen LogP contribution in [0.4, 0.5) is 0 Å². The summed E-state index contributed by atoms with van der Waals surface area (Å²) in [5, 5.41) is 5.54. The Kier molecular flexibility index (Phi) is 5.48. The van der Waals surface area contributed by atoms with Crippen LogP contribution >= 0.6 is 0 Å². The summed E-state index contributed by atoms with van der Waals surface area (Å²) in [5.74, 6) is -0.236. The monoisotopic (exact) mass is 353 g/mol. The maximum atomic E-state index is 12.7. The van der Waals surface area contributed by atoms with Crippen LogP contribution in [0.3, 0.4) is 0 Å². The molecule has 0 fully saturated rings. The van der Waals surface area contributed by atoms with Crippen LogP contribution in [0.5, 0.6) is 0 Å². The molecule has 3 aromatic rings. The van der Waals surface area contributed by atoms with Gasteiger partial charge < -0.3 is 19.5 Å². The second-order valence-corrected chi connectivity index (χ2v) is 5.79. The minimum absolute atomic E-state index is 0.150. The fraction of sp³-hybridized carbons (Fsp3) is 0.211. The molecule has 0 aliphatic rings. The molecule has 0 saturated carbocycles. The van der Waals surface area contributed by atoms with Gasteiger partial charge in [-0.2, -0.15) is 0 Å². The van der Waals surface area contributed by atoms with E-state index >= 15 is 0 Å². The van der Waals surface area contributed by atoms with Crippen LogP contribution in [-0.4, -0.2) is 22.8 Å². The van der Waals surface area contributed by atoms with Gasteiger partial charge in [-0.3, -0.25) is 9.59 Å². The van der Waals surface area contributed by atoms with Crippen molar-refractivity contribution in [3.63, 3.8) is 0 Å². The number of carbonyl (C=O) groups is 2. The summed E-state index contributed by atoms with van der Waals surface area (Å²) >= 11 is 0. The van der Waals surface area contributed by atoms with Crippen molar-refractivity contribution >= 4 is 11.8 Å². The number of hydrogen-bond donors (Lipinski definition) is 2. The molecule has 0 aliphatic carbocycles. The van der Waals surface area contributed by atoms with E-state index in [0.29, 0.717) is 12.3 Å². The minimum atomic E-state index is -0.771. The Morgan fingerprint density at radius 1 is 1.04 bits per heavy atom. The van der Waals surface area contributed by atoms with Crippen molar-refractivity contribution in [3.8, 4) is 0 Å². The Balaban J connectivity index is 1.72. The Morgan fingerprint density at radius 3 is 2.50 bits per heavy atom. The molecule has 2 aromatic heterocycles. The van der Waals surface area contributed by atoms with Crippen molar-refractivity contribution in [3.05, 3.63) is 78.4 Å².